The number of nitrogens with one attached hydrogen (secondary N) is 2. The van der Waals surface area contributed by atoms with E-state index in [2.05, 4.69) is 10.6 Å². The highest BCUT2D eigenvalue weighted by atomic mass is 16.5. The molecule has 9 nitrogen and oxygen atoms in total. The molecule has 1 heterocycles. The molecule has 0 atom stereocenters. The van der Waals surface area contributed by atoms with E-state index in [-0.39, 0.29) is 24.9 Å². The molecule has 1 saturated heterocycles. The number of para-hydroxylation sites is 2. The van der Waals surface area contributed by atoms with Gasteiger partial charge >= 0.3 is 0 Å². The molecule has 1 aliphatic heterocycles. The molecule has 2 amide bonds. The summed E-state index contributed by atoms with van der Waals surface area (Å²) in [4.78, 5) is 29.0. The van der Waals surface area contributed by atoms with Gasteiger partial charge in [-0.05, 0) is 24.3 Å². The average molecular weight is 485 g/mol. The summed E-state index contributed by atoms with van der Waals surface area (Å²) < 4.78 is 17.2. The van der Waals surface area contributed by atoms with Crippen molar-refractivity contribution in [3.05, 3.63) is 60.7 Å². The molecule has 1 fully saturated rings. The van der Waals surface area contributed by atoms with E-state index in [1.165, 1.54) is 0 Å². The summed E-state index contributed by atoms with van der Waals surface area (Å²) in [7, 11) is 0. The van der Waals surface area contributed by atoms with Gasteiger partial charge in [0.05, 0.1) is 52.7 Å². The maximum atomic E-state index is 12.5. The number of ether oxygens (including phenoxy) is 3. The van der Waals surface area contributed by atoms with Gasteiger partial charge in [-0.1, -0.05) is 36.4 Å². The van der Waals surface area contributed by atoms with Crippen molar-refractivity contribution in [3.63, 3.8) is 0 Å². The smallest absolute Gasteiger partial charge is 0.238 e. The molecule has 2 aromatic carbocycles. The fourth-order valence-electron chi connectivity index (χ4n) is 3.59. The maximum Gasteiger partial charge on any atom is 0.238 e. The lowest BCUT2D eigenvalue weighted by Crippen LogP contribution is -2.39. The standard InChI is InChI=1S/C26H36N4O5/c31-25(27-23-7-3-1-4-8-23)21-29-11-15-33-16-12-30(14-18-35-20-19-34-17-13-29)22-26(32)28-24-9-5-2-6-10-24/h1-10H,11-22H2,(H,27,31)(H,28,32). The van der Waals surface area contributed by atoms with Crippen molar-refractivity contribution in [2.24, 2.45) is 0 Å². The molecule has 0 spiro atoms. The molecule has 0 aromatic heterocycles. The van der Waals surface area contributed by atoms with Crippen LogP contribution in [0.5, 0.6) is 0 Å². The minimum Gasteiger partial charge on any atom is -0.379 e. The van der Waals surface area contributed by atoms with Gasteiger partial charge < -0.3 is 24.8 Å². The van der Waals surface area contributed by atoms with E-state index >= 15 is 0 Å². The van der Waals surface area contributed by atoms with Crippen LogP contribution in [-0.2, 0) is 23.8 Å². The Morgan fingerprint density at radius 3 is 1.29 bits per heavy atom. The van der Waals surface area contributed by atoms with Crippen molar-refractivity contribution >= 4 is 23.2 Å². The Morgan fingerprint density at radius 2 is 0.914 bits per heavy atom. The summed E-state index contributed by atoms with van der Waals surface area (Å²) in [5.41, 5.74) is 1.55. The Morgan fingerprint density at radius 1 is 0.571 bits per heavy atom. The van der Waals surface area contributed by atoms with E-state index in [0.29, 0.717) is 65.8 Å². The zero-order valence-electron chi connectivity index (χ0n) is 20.2. The maximum absolute atomic E-state index is 12.5. The van der Waals surface area contributed by atoms with Gasteiger partial charge in [-0.15, -0.1) is 0 Å². The van der Waals surface area contributed by atoms with Crippen LogP contribution in [0.4, 0.5) is 11.4 Å². The Hall–Kier alpha value is -2.82. The van der Waals surface area contributed by atoms with Gasteiger partial charge in [0.2, 0.25) is 11.8 Å². The zero-order valence-corrected chi connectivity index (χ0v) is 20.2. The van der Waals surface area contributed by atoms with Crippen LogP contribution in [0.3, 0.4) is 0 Å². The van der Waals surface area contributed by atoms with Gasteiger partial charge in [0, 0.05) is 37.6 Å². The first kappa shape index (κ1) is 26.8. The predicted molar refractivity (Wildman–Crippen MR) is 135 cm³/mol. The van der Waals surface area contributed by atoms with Crippen LogP contribution in [0.1, 0.15) is 0 Å². The van der Waals surface area contributed by atoms with Gasteiger partial charge in [-0.3, -0.25) is 19.4 Å². The highest BCUT2D eigenvalue weighted by molar-refractivity contribution is 5.92. The van der Waals surface area contributed by atoms with Crippen LogP contribution >= 0.6 is 0 Å². The van der Waals surface area contributed by atoms with Gasteiger partial charge in [-0.25, -0.2) is 0 Å². The first-order valence-electron chi connectivity index (χ1n) is 12.1. The van der Waals surface area contributed by atoms with E-state index < -0.39 is 0 Å². The Kier molecular flexibility index (Phi) is 12.2. The predicted octanol–water partition coefficient (Wildman–Crippen LogP) is 1.93. The van der Waals surface area contributed by atoms with E-state index in [4.69, 9.17) is 14.2 Å². The molecule has 190 valence electrons. The third-order valence-electron chi connectivity index (χ3n) is 5.43. The SMILES string of the molecule is O=C(CN1CCOCCOCCN(CC(=O)Nc2ccccc2)CCOCC1)Nc1ccccc1. The number of rotatable bonds is 6. The normalized spacial score (nSPS) is 17.6. The van der Waals surface area contributed by atoms with Crippen LogP contribution < -0.4 is 10.6 Å². The molecule has 3 rings (SSSR count). The fourth-order valence-corrected chi connectivity index (χ4v) is 3.59. The molecule has 2 aromatic rings. The number of carbonyl (C=O) groups excluding carboxylic acids is 2. The molecule has 9 heteroatoms. The topological polar surface area (TPSA) is 92.4 Å². The second kappa shape index (κ2) is 16.0. The summed E-state index contributed by atoms with van der Waals surface area (Å²) in [5, 5.41) is 5.83. The molecule has 2 N–H and O–H groups in total. The molecular formula is C26H36N4O5. The third kappa shape index (κ3) is 11.4. The van der Waals surface area contributed by atoms with Gasteiger partial charge in [0.25, 0.3) is 0 Å². The minimum absolute atomic E-state index is 0.0759. The van der Waals surface area contributed by atoms with E-state index in [9.17, 15) is 9.59 Å². The van der Waals surface area contributed by atoms with E-state index in [1.54, 1.807) is 0 Å². The lowest BCUT2D eigenvalue weighted by molar-refractivity contribution is -0.118. The molecule has 0 aliphatic carbocycles. The minimum atomic E-state index is -0.0759. The fraction of sp³-hybridized carbons (Fsp3) is 0.462. The lowest BCUT2D eigenvalue weighted by atomic mass is 10.3. The van der Waals surface area contributed by atoms with Crippen LogP contribution in [-0.4, -0.2) is 101 Å². The van der Waals surface area contributed by atoms with Crippen molar-refractivity contribution in [3.8, 4) is 0 Å². The number of hydrogen-bond acceptors (Lipinski definition) is 7. The highest BCUT2D eigenvalue weighted by Crippen LogP contribution is 2.06. The molecule has 0 radical (unpaired) electrons. The Bertz CT molecular complexity index is 797. The van der Waals surface area contributed by atoms with Crippen LogP contribution in [0, 0.1) is 0 Å². The quantitative estimate of drug-likeness (QED) is 0.647. The van der Waals surface area contributed by atoms with Crippen LogP contribution in [0.25, 0.3) is 0 Å². The van der Waals surface area contributed by atoms with Crippen molar-refractivity contribution in [1.29, 1.82) is 0 Å². The summed E-state index contributed by atoms with van der Waals surface area (Å²) in [5.74, 6) is -0.152. The monoisotopic (exact) mass is 484 g/mol. The average Bonchev–Trinajstić information content (AvgIpc) is 2.86. The number of anilines is 2. The summed E-state index contributed by atoms with van der Waals surface area (Å²) in [6.07, 6.45) is 0. The van der Waals surface area contributed by atoms with Crippen molar-refractivity contribution in [2.45, 2.75) is 0 Å². The number of carbonyl (C=O) groups is 2. The highest BCUT2D eigenvalue weighted by Gasteiger charge is 2.14. The summed E-state index contributed by atoms with van der Waals surface area (Å²) in [6.45, 7) is 5.92. The number of nitrogens with zero attached hydrogens (tertiary/aromatic N) is 2. The second-order valence-corrected chi connectivity index (χ2v) is 8.22. The number of benzene rings is 2. The number of amides is 2. The molecule has 0 bridgehead atoms. The Balaban J connectivity index is 1.45. The largest absolute Gasteiger partial charge is 0.379 e. The first-order chi connectivity index (χ1) is 17.2. The molecule has 0 unspecified atom stereocenters. The van der Waals surface area contributed by atoms with Crippen LogP contribution in [0.2, 0.25) is 0 Å². The molecule has 1 aliphatic rings. The summed E-state index contributed by atoms with van der Waals surface area (Å²) >= 11 is 0. The van der Waals surface area contributed by atoms with Crippen molar-refractivity contribution < 1.29 is 23.8 Å². The molecular weight excluding hydrogens is 448 g/mol. The third-order valence-corrected chi connectivity index (χ3v) is 5.43. The van der Waals surface area contributed by atoms with Gasteiger partial charge in [0.1, 0.15) is 0 Å². The summed E-state index contributed by atoms with van der Waals surface area (Å²) in [6, 6.07) is 18.8. The molecule has 35 heavy (non-hydrogen) atoms. The number of hydrogen-bond donors (Lipinski definition) is 2. The van der Waals surface area contributed by atoms with Gasteiger partial charge in [0.15, 0.2) is 0 Å². The second-order valence-electron chi connectivity index (χ2n) is 8.22. The zero-order chi connectivity index (χ0) is 24.6. The van der Waals surface area contributed by atoms with Crippen molar-refractivity contribution in [1.82, 2.24) is 9.80 Å². The van der Waals surface area contributed by atoms with Crippen molar-refractivity contribution in [2.75, 3.05) is 89.5 Å². The first-order valence-corrected chi connectivity index (χ1v) is 12.1. The van der Waals surface area contributed by atoms with E-state index in [0.717, 1.165) is 11.4 Å². The van der Waals surface area contributed by atoms with Crippen LogP contribution in [0.15, 0.2) is 60.7 Å². The van der Waals surface area contributed by atoms with Gasteiger partial charge in [-0.2, -0.15) is 0 Å². The Labute approximate surface area is 207 Å². The lowest BCUT2D eigenvalue weighted by Gasteiger charge is -2.23. The van der Waals surface area contributed by atoms with E-state index in [1.807, 2.05) is 70.5 Å². The molecule has 0 saturated carbocycles.